The number of aromatic nitrogens is 2. The standard InChI is InChI=1S/C18H21F3N4/c19-18(20,21)16-6-9-22-17(24-16)23-12-14-7-10-25(11-8-14)13-15-4-2-1-3-5-15/h1-6,9,14H,7-8,10-13H2,(H,22,23,24). The van der Waals surface area contributed by atoms with Crippen LogP contribution in [0, 0.1) is 5.92 Å². The number of hydrogen-bond donors (Lipinski definition) is 1. The van der Waals surface area contributed by atoms with Crippen LogP contribution in [0.3, 0.4) is 0 Å². The summed E-state index contributed by atoms with van der Waals surface area (Å²) in [5.41, 5.74) is 0.388. The fourth-order valence-corrected chi connectivity index (χ4v) is 3.03. The van der Waals surface area contributed by atoms with Gasteiger partial charge in [-0.15, -0.1) is 0 Å². The van der Waals surface area contributed by atoms with Gasteiger partial charge in [0.15, 0.2) is 0 Å². The van der Waals surface area contributed by atoms with Crippen LogP contribution in [-0.4, -0.2) is 34.5 Å². The summed E-state index contributed by atoms with van der Waals surface area (Å²) in [4.78, 5) is 9.83. The minimum Gasteiger partial charge on any atom is -0.354 e. The molecule has 0 atom stereocenters. The van der Waals surface area contributed by atoms with E-state index in [9.17, 15) is 13.2 Å². The molecule has 1 aromatic carbocycles. The lowest BCUT2D eigenvalue weighted by Crippen LogP contribution is -2.35. The summed E-state index contributed by atoms with van der Waals surface area (Å²) in [5.74, 6) is 0.465. The summed E-state index contributed by atoms with van der Waals surface area (Å²) in [5, 5.41) is 2.95. The van der Waals surface area contributed by atoms with Crippen molar-refractivity contribution in [1.29, 1.82) is 0 Å². The zero-order valence-corrected chi connectivity index (χ0v) is 13.8. The van der Waals surface area contributed by atoms with Crippen LogP contribution >= 0.6 is 0 Å². The number of rotatable bonds is 5. The van der Waals surface area contributed by atoms with Gasteiger partial charge in [-0.2, -0.15) is 13.2 Å². The summed E-state index contributed by atoms with van der Waals surface area (Å²) < 4.78 is 38.0. The molecule has 1 fully saturated rings. The van der Waals surface area contributed by atoms with Crippen molar-refractivity contribution in [3.8, 4) is 0 Å². The van der Waals surface area contributed by atoms with Crippen LogP contribution in [0.4, 0.5) is 19.1 Å². The smallest absolute Gasteiger partial charge is 0.354 e. The Morgan fingerprint density at radius 2 is 1.80 bits per heavy atom. The van der Waals surface area contributed by atoms with Gasteiger partial charge in [-0.3, -0.25) is 4.90 Å². The number of benzene rings is 1. The van der Waals surface area contributed by atoms with Crippen LogP contribution in [0.15, 0.2) is 42.6 Å². The van der Waals surface area contributed by atoms with Gasteiger partial charge in [0, 0.05) is 19.3 Å². The summed E-state index contributed by atoms with van der Waals surface area (Å²) >= 11 is 0. The fraction of sp³-hybridized carbons (Fsp3) is 0.444. The van der Waals surface area contributed by atoms with Crippen LogP contribution in [0.1, 0.15) is 24.1 Å². The molecule has 0 radical (unpaired) electrons. The molecule has 0 saturated carbocycles. The second kappa shape index (κ2) is 7.82. The maximum Gasteiger partial charge on any atom is 0.433 e. The molecular formula is C18H21F3N4. The number of likely N-dealkylation sites (tertiary alicyclic amines) is 1. The summed E-state index contributed by atoms with van der Waals surface area (Å²) in [6, 6.07) is 11.2. The van der Waals surface area contributed by atoms with Crippen molar-refractivity contribution in [2.75, 3.05) is 25.0 Å². The SMILES string of the molecule is FC(F)(F)c1ccnc(NCC2CCN(Cc3ccccc3)CC2)n1. The topological polar surface area (TPSA) is 41.1 Å². The average molecular weight is 350 g/mol. The molecular weight excluding hydrogens is 329 g/mol. The van der Waals surface area contributed by atoms with E-state index >= 15 is 0 Å². The molecule has 0 aliphatic carbocycles. The zero-order chi connectivity index (χ0) is 17.7. The van der Waals surface area contributed by atoms with Crippen molar-refractivity contribution in [3.63, 3.8) is 0 Å². The minimum absolute atomic E-state index is 0.0431. The molecule has 4 nitrogen and oxygen atoms in total. The molecule has 0 amide bonds. The first-order chi connectivity index (χ1) is 12.0. The largest absolute Gasteiger partial charge is 0.433 e. The number of piperidine rings is 1. The molecule has 7 heteroatoms. The lowest BCUT2D eigenvalue weighted by atomic mass is 9.96. The molecule has 134 valence electrons. The Bertz CT molecular complexity index is 668. The van der Waals surface area contributed by atoms with E-state index in [0.29, 0.717) is 12.5 Å². The van der Waals surface area contributed by atoms with Gasteiger partial charge >= 0.3 is 6.18 Å². The van der Waals surface area contributed by atoms with Crippen LogP contribution in [0.2, 0.25) is 0 Å². The van der Waals surface area contributed by atoms with Crippen LogP contribution < -0.4 is 5.32 Å². The van der Waals surface area contributed by atoms with Crippen LogP contribution in [0.25, 0.3) is 0 Å². The van der Waals surface area contributed by atoms with Crippen molar-refractivity contribution in [2.24, 2.45) is 5.92 Å². The molecule has 1 N–H and O–H groups in total. The summed E-state index contributed by atoms with van der Waals surface area (Å²) in [6.07, 6.45) is -1.28. The highest BCUT2D eigenvalue weighted by Gasteiger charge is 2.32. The number of hydrogen-bond acceptors (Lipinski definition) is 4. The fourth-order valence-electron chi connectivity index (χ4n) is 3.03. The van der Waals surface area contributed by atoms with Gasteiger partial charge in [0.1, 0.15) is 5.69 Å². The predicted octanol–water partition coefficient (Wildman–Crippen LogP) is 3.82. The first kappa shape index (κ1) is 17.7. The van der Waals surface area contributed by atoms with E-state index in [4.69, 9.17) is 0 Å². The Kier molecular flexibility index (Phi) is 5.53. The van der Waals surface area contributed by atoms with Crippen molar-refractivity contribution < 1.29 is 13.2 Å². The molecule has 1 aliphatic heterocycles. The summed E-state index contributed by atoms with van der Waals surface area (Å²) in [7, 11) is 0. The summed E-state index contributed by atoms with van der Waals surface area (Å²) in [6.45, 7) is 3.52. The lowest BCUT2D eigenvalue weighted by Gasteiger charge is -2.32. The number of halogens is 3. The third-order valence-corrected chi connectivity index (χ3v) is 4.45. The van der Waals surface area contributed by atoms with Crippen molar-refractivity contribution in [1.82, 2.24) is 14.9 Å². The molecule has 25 heavy (non-hydrogen) atoms. The minimum atomic E-state index is -4.44. The Morgan fingerprint density at radius 1 is 1.08 bits per heavy atom. The molecule has 0 unspecified atom stereocenters. The maximum atomic E-state index is 12.7. The van der Waals surface area contributed by atoms with Gasteiger partial charge in [0.25, 0.3) is 0 Å². The molecule has 2 aromatic rings. The Morgan fingerprint density at radius 3 is 2.48 bits per heavy atom. The normalized spacial score (nSPS) is 16.8. The number of alkyl halides is 3. The lowest BCUT2D eigenvalue weighted by molar-refractivity contribution is -0.141. The maximum absolute atomic E-state index is 12.7. The van der Waals surface area contributed by atoms with Crippen LogP contribution in [-0.2, 0) is 12.7 Å². The second-order valence-electron chi connectivity index (χ2n) is 6.35. The quantitative estimate of drug-likeness (QED) is 0.890. The molecule has 0 spiro atoms. The van der Waals surface area contributed by atoms with Gasteiger partial charge in [-0.1, -0.05) is 30.3 Å². The monoisotopic (exact) mass is 350 g/mol. The highest BCUT2D eigenvalue weighted by molar-refractivity contribution is 5.26. The third kappa shape index (κ3) is 5.16. The molecule has 3 rings (SSSR count). The average Bonchev–Trinajstić information content (AvgIpc) is 2.62. The molecule has 0 bridgehead atoms. The van der Waals surface area contributed by atoms with Gasteiger partial charge in [0.05, 0.1) is 0 Å². The van der Waals surface area contributed by atoms with Crippen molar-refractivity contribution in [2.45, 2.75) is 25.6 Å². The Labute approximate surface area is 145 Å². The predicted molar refractivity (Wildman–Crippen MR) is 90.0 cm³/mol. The van der Waals surface area contributed by atoms with E-state index in [2.05, 4.69) is 32.3 Å². The van der Waals surface area contributed by atoms with Crippen LogP contribution in [0.5, 0.6) is 0 Å². The zero-order valence-electron chi connectivity index (χ0n) is 13.8. The molecule has 1 aliphatic rings. The number of nitrogens with one attached hydrogen (secondary N) is 1. The van der Waals surface area contributed by atoms with E-state index < -0.39 is 11.9 Å². The van der Waals surface area contributed by atoms with Crippen molar-refractivity contribution >= 4 is 5.95 Å². The Balaban J connectivity index is 1.45. The van der Waals surface area contributed by atoms with E-state index in [1.165, 1.54) is 5.56 Å². The first-order valence-corrected chi connectivity index (χ1v) is 8.41. The van der Waals surface area contributed by atoms with Gasteiger partial charge in [-0.05, 0) is 43.5 Å². The third-order valence-electron chi connectivity index (χ3n) is 4.45. The van der Waals surface area contributed by atoms with Crippen molar-refractivity contribution in [3.05, 3.63) is 53.9 Å². The highest BCUT2D eigenvalue weighted by atomic mass is 19.4. The first-order valence-electron chi connectivity index (χ1n) is 8.41. The number of nitrogens with zero attached hydrogens (tertiary/aromatic N) is 3. The van der Waals surface area contributed by atoms with Gasteiger partial charge in [0.2, 0.25) is 5.95 Å². The molecule has 1 saturated heterocycles. The Hall–Kier alpha value is -2.15. The van der Waals surface area contributed by atoms with E-state index in [0.717, 1.165) is 44.7 Å². The van der Waals surface area contributed by atoms with Gasteiger partial charge in [-0.25, -0.2) is 9.97 Å². The highest BCUT2D eigenvalue weighted by Crippen LogP contribution is 2.27. The second-order valence-corrected chi connectivity index (χ2v) is 6.35. The van der Waals surface area contributed by atoms with E-state index in [-0.39, 0.29) is 5.95 Å². The van der Waals surface area contributed by atoms with E-state index in [1.54, 1.807) is 0 Å². The molecule has 2 heterocycles. The van der Waals surface area contributed by atoms with E-state index in [1.807, 2.05) is 18.2 Å². The number of anilines is 1. The molecule has 1 aromatic heterocycles. The van der Waals surface area contributed by atoms with Gasteiger partial charge < -0.3 is 5.32 Å².